The van der Waals surface area contributed by atoms with Gasteiger partial charge >= 0.3 is 49.9 Å². The Bertz CT molecular complexity index is 126. The Kier molecular flexibility index (Phi) is 5.15. The van der Waals surface area contributed by atoms with Crippen LogP contribution in [0.5, 0.6) is 0 Å². The number of allylic oxidation sites excluding steroid dienone is 4. The Hall–Kier alpha value is 1.63. The van der Waals surface area contributed by atoms with Crippen LogP contribution in [0, 0.1) is 11.8 Å². The minimum atomic E-state index is 0.523. The molecule has 0 atom stereocenters. The molecular weight excluding hydrogens is 533 g/mol. The van der Waals surface area contributed by atoms with E-state index in [1.54, 1.807) is 0 Å². The van der Waals surface area contributed by atoms with Crippen molar-refractivity contribution in [3.63, 3.8) is 0 Å². The van der Waals surface area contributed by atoms with Crippen molar-refractivity contribution >= 4 is 38.7 Å². The summed E-state index contributed by atoms with van der Waals surface area (Å²) < 4.78 is 0. The molecule has 3 heteroatoms. The second-order valence-corrected chi connectivity index (χ2v) is 19.0. The van der Waals surface area contributed by atoms with Gasteiger partial charge in [-0.1, -0.05) is 24.3 Å². The third-order valence-corrected chi connectivity index (χ3v) is 1.76. The quantitative estimate of drug-likeness (QED) is 0.326. The summed E-state index contributed by atoms with van der Waals surface area (Å²) in [5.74, 6) is 1.62. The van der Waals surface area contributed by atoms with Crippen molar-refractivity contribution < 1.29 is 11.2 Å². The number of halogens is 2. The second kappa shape index (κ2) is 5.30. The molecule has 2 rings (SSSR count). The summed E-state index contributed by atoms with van der Waals surface area (Å²) in [6.45, 7) is 0. The van der Waals surface area contributed by atoms with Gasteiger partial charge in [0.2, 0.25) is 0 Å². The summed E-state index contributed by atoms with van der Waals surface area (Å²) >= 11 is 5.30. The fourth-order valence-electron chi connectivity index (χ4n) is 1.33. The SMILES string of the molecule is C1=CC2C=CC1C2.[I][Pt][I]. The van der Waals surface area contributed by atoms with Crippen molar-refractivity contribution in [3.05, 3.63) is 24.3 Å². The van der Waals surface area contributed by atoms with Gasteiger partial charge in [0, 0.05) is 0 Å². The van der Waals surface area contributed by atoms with Crippen molar-refractivity contribution in [2.45, 2.75) is 6.42 Å². The average molecular weight is 541 g/mol. The van der Waals surface area contributed by atoms with Crippen LogP contribution in [0.1, 0.15) is 6.42 Å². The number of fused-ring (bicyclic) bond motifs is 2. The first-order chi connectivity index (χ1) is 4.86. The van der Waals surface area contributed by atoms with Crippen LogP contribution in [0.3, 0.4) is 0 Å². The zero-order chi connectivity index (χ0) is 7.40. The van der Waals surface area contributed by atoms with Gasteiger partial charge in [-0.15, -0.1) is 0 Å². The predicted octanol–water partition coefficient (Wildman–Crippen LogP) is 3.52. The van der Waals surface area contributed by atoms with E-state index >= 15 is 0 Å². The van der Waals surface area contributed by atoms with Gasteiger partial charge < -0.3 is 0 Å². The molecule has 0 radical (unpaired) electrons. The van der Waals surface area contributed by atoms with Crippen LogP contribution in [0.2, 0.25) is 0 Å². The van der Waals surface area contributed by atoms with Crippen LogP contribution in [-0.2, 0) is 11.2 Å². The molecule has 0 heterocycles. The van der Waals surface area contributed by atoms with Crippen LogP contribution in [0.25, 0.3) is 0 Å². The topological polar surface area (TPSA) is 0 Å². The Balaban J connectivity index is 0.000000148. The summed E-state index contributed by atoms with van der Waals surface area (Å²) in [7, 11) is 0. The maximum absolute atomic E-state index is 2.39. The third-order valence-electron chi connectivity index (χ3n) is 1.76. The molecule has 0 saturated heterocycles. The fourth-order valence-corrected chi connectivity index (χ4v) is 1.33. The fraction of sp³-hybridized carbons (Fsp3) is 0.429. The number of hydrogen-bond acceptors (Lipinski definition) is 0. The monoisotopic (exact) mass is 541 g/mol. The first kappa shape index (κ1) is 9.71. The van der Waals surface area contributed by atoms with Crippen LogP contribution in [-0.4, -0.2) is 0 Å². The van der Waals surface area contributed by atoms with Gasteiger partial charge in [0.25, 0.3) is 0 Å². The van der Waals surface area contributed by atoms with E-state index in [0.717, 1.165) is 11.8 Å². The van der Waals surface area contributed by atoms with E-state index in [-0.39, 0.29) is 0 Å². The molecule has 0 aromatic heterocycles. The molecule has 0 fully saturated rings. The molecule has 0 saturated carbocycles. The molecule has 0 amide bonds. The van der Waals surface area contributed by atoms with Crippen LogP contribution >= 0.6 is 38.7 Å². The molecule has 0 aromatic rings. The molecule has 0 nitrogen and oxygen atoms in total. The average Bonchev–Trinajstić information content (AvgIpc) is 2.49. The summed E-state index contributed by atoms with van der Waals surface area (Å²) in [5.41, 5.74) is 0. The molecule has 0 spiro atoms. The van der Waals surface area contributed by atoms with E-state index in [0.29, 0.717) is 11.2 Å². The van der Waals surface area contributed by atoms with E-state index in [9.17, 15) is 0 Å². The van der Waals surface area contributed by atoms with E-state index in [1.807, 2.05) is 0 Å². The molecule has 2 aliphatic rings. The zero-order valence-electron chi connectivity index (χ0n) is 5.24. The molecule has 2 aliphatic carbocycles. The van der Waals surface area contributed by atoms with Crippen LogP contribution < -0.4 is 0 Å². The van der Waals surface area contributed by atoms with Gasteiger partial charge in [0.15, 0.2) is 0 Å². The Morgan fingerprint density at radius 2 is 1.30 bits per heavy atom. The first-order valence-electron chi connectivity index (χ1n) is 3.06. The standard InChI is InChI=1S/C7H8.2HI.Pt/c1-2-7-4-3-6(1)5-7;;;/h1-4,6-7H,5H2;2*1H;/q;;;+2/p-2. The summed E-state index contributed by atoms with van der Waals surface area (Å²) in [4.78, 5) is 0. The molecule has 0 unspecified atom stereocenters. The Morgan fingerprint density at radius 3 is 1.40 bits per heavy atom. The maximum atomic E-state index is 2.39. The molecule has 0 N–H and O–H groups in total. The van der Waals surface area contributed by atoms with Crippen molar-refractivity contribution in [3.8, 4) is 0 Å². The molecule has 2 bridgehead atoms. The number of hydrogen-bond donors (Lipinski definition) is 0. The molecule has 10 heavy (non-hydrogen) atoms. The van der Waals surface area contributed by atoms with Crippen LogP contribution in [0.4, 0.5) is 0 Å². The molecule has 60 valence electrons. The summed E-state index contributed by atoms with van der Waals surface area (Å²) in [6.07, 6.45) is 10.5. The Morgan fingerprint density at radius 1 is 1.00 bits per heavy atom. The van der Waals surface area contributed by atoms with E-state index < -0.39 is 0 Å². The van der Waals surface area contributed by atoms with E-state index in [4.69, 9.17) is 0 Å². The Labute approximate surface area is 91.1 Å². The van der Waals surface area contributed by atoms with Gasteiger partial charge in [-0.25, -0.2) is 0 Å². The third kappa shape index (κ3) is 2.93. The predicted molar refractivity (Wildman–Crippen MR) is 57.9 cm³/mol. The van der Waals surface area contributed by atoms with Gasteiger partial charge in [0.1, 0.15) is 0 Å². The van der Waals surface area contributed by atoms with Crippen molar-refractivity contribution in [2.75, 3.05) is 0 Å². The summed E-state index contributed by atoms with van der Waals surface area (Å²) in [5, 5.41) is 0. The van der Waals surface area contributed by atoms with Gasteiger partial charge in [0.05, 0.1) is 0 Å². The van der Waals surface area contributed by atoms with Crippen molar-refractivity contribution in [1.29, 1.82) is 0 Å². The van der Waals surface area contributed by atoms with Crippen LogP contribution in [0.15, 0.2) is 24.3 Å². The van der Waals surface area contributed by atoms with E-state index in [1.165, 1.54) is 6.42 Å². The van der Waals surface area contributed by atoms with Crippen molar-refractivity contribution in [2.24, 2.45) is 11.8 Å². The molecule has 0 aromatic carbocycles. The molecule has 0 aliphatic heterocycles. The van der Waals surface area contributed by atoms with E-state index in [2.05, 4.69) is 63.0 Å². The molecular formula is C7H8I2Pt. The van der Waals surface area contributed by atoms with Gasteiger partial charge in [-0.3, -0.25) is 0 Å². The first-order valence-corrected chi connectivity index (χ1v) is 15.9. The normalized spacial score (nSPS) is 32.6. The zero-order valence-corrected chi connectivity index (χ0v) is 11.8. The van der Waals surface area contributed by atoms with Gasteiger partial charge in [-0.05, 0) is 18.3 Å². The van der Waals surface area contributed by atoms with Crippen molar-refractivity contribution in [1.82, 2.24) is 0 Å². The summed E-state index contributed by atoms with van der Waals surface area (Å²) in [6, 6.07) is 0. The van der Waals surface area contributed by atoms with Gasteiger partial charge in [-0.2, -0.15) is 0 Å². The number of rotatable bonds is 0. The minimum absolute atomic E-state index is 0.523. The second-order valence-electron chi connectivity index (χ2n) is 2.38.